The summed E-state index contributed by atoms with van der Waals surface area (Å²) in [5, 5.41) is 13.8. The summed E-state index contributed by atoms with van der Waals surface area (Å²) in [7, 11) is 4.79. The van der Waals surface area contributed by atoms with Crippen molar-refractivity contribution < 1.29 is 19.2 Å². The van der Waals surface area contributed by atoms with Gasteiger partial charge in [-0.25, -0.2) is 0 Å². The van der Waals surface area contributed by atoms with Crippen molar-refractivity contribution in [1.82, 2.24) is 10.2 Å². The van der Waals surface area contributed by atoms with Gasteiger partial charge >= 0.3 is 5.69 Å². The van der Waals surface area contributed by atoms with E-state index in [9.17, 15) is 14.9 Å². The number of nitro groups is 1. The SMILES string of the molecule is COCCCNC(=O)CN(C)Cc1ccc(OC)c([N+](=O)[O-])c1. The Bertz CT molecular complexity index is 536. The smallest absolute Gasteiger partial charge is 0.311 e. The van der Waals surface area contributed by atoms with Crippen LogP contribution in [-0.4, -0.2) is 56.7 Å². The highest BCUT2D eigenvalue weighted by Gasteiger charge is 2.16. The van der Waals surface area contributed by atoms with E-state index in [1.165, 1.54) is 13.2 Å². The molecule has 0 spiro atoms. The van der Waals surface area contributed by atoms with Gasteiger partial charge in [-0.05, 0) is 25.1 Å². The van der Waals surface area contributed by atoms with Crippen LogP contribution in [0.2, 0.25) is 0 Å². The number of carbonyl (C=O) groups is 1. The van der Waals surface area contributed by atoms with Gasteiger partial charge in [-0.2, -0.15) is 0 Å². The Labute approximate surface area is 135 Å². The van der Waals surface area contributed by atoms with Crippen molar-refractivity contribution in [1.29, 1.82) is 0 Å². The number of nitro benzene ring substituents is 1. The van der Waals surface area contributed by atoms with Crippen molar-refractivity contribution in [2.45, 2.75) is 13.0 Å². The predicted octanol–water partition coefficient (Wildman–Crippen LogP) is 1.19. The number of nitrogens with zero attached hydrogens (tertiary/aromatic N) is 2. The third-order valence-electron chi connectivity index (χ3n) is 3.15. The molecule has 1 rings (SSSR count). The Morgan fingerprint density at radius 2 is 2.13 bits per heavy atom. The molecule has 8 nitrogen and oxygen atoms in total. The van der Waals surface area contributed by atoms with E-state index in [-0.39, 0.29) is 23.9 Å². The predicted molar refractivity (Wildman–Crippen MR) is 85.5 cm³/mol. The fourth-order valence-electron chi connectivity index (χ4n) is 2.09. The molecule has 0 fully saturated rings. The minimum Gasteiger partial charge on any atom is -0.490 e. The van der Waals surface area contributed by atoms with E-state index in [4.69, 9.17) is 9.47 Å². The molecule has 8 heteroatoms. The molecule has 0 heterocycles. The second-order valence-corrected chi connectivity index (χ2v) is 5.13. The van der Waals surface area contributed by atoms with Gasteiger partial charge in [-0.15, -0.1) is 0 Å². The van der Waals surface area contributed by atoms with Crippen molar-refractivity contribution in [3.05, 3.63) is 33.9 Å². The van der Waals surface area contributed by atoms with E-state index < -0.39 is 4.92 Å². The quantitative estimate of drug-likeness (QED) is 0.394. The van der Waals surface area contributed by atoms with E-state index in [0.717, 1.165) is 12.0 Å². The molecular weight excluding hydrogens is 302 g/mol. The Balaban J connectivity index is 2.53. The summed E-state index contributed by atoms with van der Waals surface area (Å²) in [5.41, 5.74) is 0.662. The second kappa shape index (κ2) is 9.75. The lowest BCUT2D eigenvalue weighted by Crippen LogP contribution is -2.35. The molecule has 1 N–H and O–H groups in total. The van der Waals surface area contributed by atoms with Crippen molar-refractivity contribution in [2.24, 2.45) is 0 Å². The number of amides is 1. The normalized spacial score (nSPS) is 10.6. The summed E-state index contributed by atoms with van der Waals surface area (Å²) in [5.74, 6) is 0.129. The van der Waals surface area contributed by atoms with Crippen LogP contribution in [0.4, 0.5) is 5.69 Å². The van der Waals surface area contributed by atoms with Gasteiger partial charge in [-0.3, -0.25) is 19.8 Å². The Morgan fingerprint density at radius 3 is 2.74 bits per heavy atom. The molecule has 0 radical (unpaired) electrons. The third kappa shape index (κ3) is 6.62. The Hall–Kier alpha value is -2.19. The number of rotatable bonds is 10. The molecule has 1 aromatic rings. The van der Waals surface area contributed by atoms with Crippen molar-refractivity contribution in [2.75, 3.05) is 41.0 Å². The van der Waals surface area contributed by atoms with Gasteiger partial charge in [0.15, 0.2) is 5.75 Å². The molecule has 0 aromatic heterocycles. The maximum atomic E-state index is 11.8. The van der Waals surface area contributed by atoms with Crippen LogP contribution in [0, 0.1) is 10.1 Å². The molecule has 128 valence electrons. The van der Waals surface area contributed by atoms with Crippen LogP contribution < -0.4 is 10.1 Å². The van der Waals surface area contributed by atoms with Crippen LogP contribution in [0.5, 0.6) is 5.75 Å². The lowest BCUT2D eigenvalue weighted by Gasteiger charge is -2.16. The molecule has 1 amide bonds. The van der Waals surface area contributed by atoms with Crippen LogP contribution in [0.1, 0.15) is 12.0 Å². The molecule has 0 aliphatic heterocycles. The fraction of sp³-hybridized carbons (Fsp3) is 0.533. The van der Waals surface area contributed by atoms with Crippen molar-refractivity contribution in [3.8, 4) is 5.75 Å². The lowest BCUT2D eigenvalue weighted by atomic mass is 10.1. The van der Waals surface area contributed by atoms with Gasteiger partial charge in [-0.1, -0.05) is 6.07 Å². The van der Waals surface area contributed by atoms with Crippen molar-refractivity contribution >= 4 is 11.6 Å². The summed E-state index contributed by atoms with van der Waals surface area (Å²) < 4.78 is 9.87. The van der Waals surface area contributed by atoms with E-state index in [0.29, 0.717) is 19.7 Å². The monoisotopic (exact) mass is 325 g/mol. The maximum absolute atomic E-state index is 11.8. The standard InChI is InChI=1S/C15H23N3O5/c1-17(11-15(19)16-7-4-8-22-2)10-12-5-6-14(23-3)13(9-12)18(20)21/h5-6,9H,4,7-8,10-11H2,1-3H3,(H,16,19). The average Bonchev–Trinajstić information content (AvgIpc) is 2.51. The number of ether oxygens (including phenoxy) is 2. The first-order chi connectivity index (χ1) is 11.0. The minimum atomic E-state index is -0.481. The number of likely N-dealkylation sites (N-methyl/N-ethyl adjacent to an activating group) is 1. The van der Waals surface area contributed by atoms with E-state index in [1.807, 2.05) is 0 Å². The van der Waals surface area contributed by atoms with Gasteiger partial charge < -0.3 is 14.8 Å². The summed E-state index contributed by atoms with van der Waals surface area (Å²) in [6, 6.07) is 4.77. The van der Waals surface area contributed by atoms with Gasteiger partial charge in [0.25, 0.3) is 0 Å². The molecule has 1 aromatic carbocycles. The Kier molecular flexibility index (Phi) is 8.00. The molecular formula is C15H23N3O5. The van der Waals surface area contributed by atoms with Crippen LogP contribution in [0.15, 0.2) is 18.2 Å². The van der Waals surface area contributed by atoms with Crippen LogP contribution in [-0.2, 0) is 16.1 Å². The molecule has 23 heavy (non-hydrogen) atoms. The van der Waals surface area contributed by atoms with Crippen molar-refractivity contribution in [3.63, 3.8) is 0 Å². The number of hydrogen-bond donors (Lipinski definition) is 1. The maximum Gasteiger partial charge on any atom is 0.311 e. The zero-order valence-corrected chi connectivity index (χ0v) is 13.7. The number of nitrogens with one attached hydrogen (secondary N) is 1. The zero-order valence-electron chi connectivity index (χ0n) is 13.7. The summed E-state index contributed by atoms with van der Waals surface area (Å²) in [6.45, 7) is 1.81. The molecule has 0 saturated carbocycles. The molecule has 0 saturated heterocycles. The second-order valence-electron chi connectivity index (χ2n) is 5.13. The summed E-state index contributed by atoms with van der Waals surface area (Å²) in [4.78, 5) is 24.1. The average molecular weight is 325 g/mol. The first-order valence-electron chi connectivity index (χ1n) is 7.23. The van der Waals surface area contributed by atoms with Gasteiger partial charge in [0.1, 0.15) is 0 Å². The Morgan fingerprint density at radius 1 is 1.39 bits per heavy atom. The van der Waals surface area contributed by atoms with E-state index in [2.05, 4.69) is 5.32 Å². The van der Waals surface area contributed by atoms with Crippen LogP contribution >= 0.6 is 0 Å². The summed E-state index contributed by atoms with van der Waals surface area (Å²) >= 11 is 0. The zero-order chi connectivity index (χ0) is 17.2. The molecule has 0 unspecified atom stereocenters. The first-order valence-corrected chi connectivity index (χ1v) is 7.23. The minimum absolute atomic E-state index is 0.0811. The molecule has 0 bridgehead atoms. The van der Waals surface area contributed by atoms with Crippen LogP contribution in [0.3, 0.4) is 0 Å². The number of benzene rings is 1. The molecule has 0 aliphatic rings. The number of carbonyl (C=O) groups excluding carboxylic acids is 1. The highest BCUT2D eigenvalue weighted by molar-refractivity contribution is 5.77. The highest BCUT2D eigenvalue weighted by Crippen LogP contribution is 2.27. The fourth-order valence-corrected chi connectivity index (χ4v) is 2.09. The van der Waals surface area contributed by atoms with Gasteiger partial charge in [0.05, 0.1) is 18.6 Å². The number of methoxy groups -OCH3 is 2. The first kappa shape index (κ1) is 18.9. The topological polar surface area (TPSA) is 93.9 Å². The third-order valence-corrected chi connectivity index (χ3v) is 3.15. The largest absolute Gasteiger partial charge is 0.490 e. The highest BCUT2D eigenvalue weighted by atomic mass is 16.6. The lowest BCUT2D eigenvalue weighted by molar-refractivity contribution is -0.385. The van der Waals surface area contributed by atoms with E-state index in [1.54, 1.807) is 31.2 Å². The molecule has 0 aliphatic carbocycles. The van der Waals surface area contributed by atoms with E-state index >= 15 is 0 Å². The summed E-state index contributed by atoms with van der Waals surface area (Å²) in [6.07, 6.45) is 0.761. The van der Waals surface area contributed by atoms with Crippen LogP contribution in [0.25, 0.3) is 0 Å². The number of hydrogen-bond acceptors (Lipinski definition) is 6. The van der Waals surface area contributed by atoms with Gasteiger partial charge in [0, 0.05) is 32.9 Å². The van der Waals surface area contributed by atoms with Gasteiger partial charge in [0.2, 0.25) is 5.91 Å². The molecule has 0 atom stereocenters.